The van der Waals surface area contributed by atoms with Crippen molar-refractivity contribution >= 4 is 17.8 Å². The molecule has 0 radical (unpaired) electrons. The molecule has 1 N–H and O–H groups in total. The molecule has 1 saturated heterocycles. The van der Waals surface area contributed by atoms with Gasteiger partial charge in [-0.15, -0.1) is 0 Å². The number of methoxy groups -OCH3 is 1. The number of carbonyl (C=O) groups is 3. The van der Waals surface area contributed by atoms with Crippen LogP contribution in [-0.4, -0.2) is 35.1 Å². The van der Waals surface area contributed by atoms with Crippen molar-refractivity contribution < 1.29 is 33.8 Å². The average Bonchev–Trinajstić information content (AvgIpc) is 3.06. The molecule has 2 unspecified atom stereocenters. The summed E-state index contributed by atoms with van der Waals surface area (Å²) in [5.74, 6) is -2.13. The minimum Gasteiger partial charge on any atom is -0.508 e. The predicted octanol–water partition coefficient (Wildman–Crippen LogP) is 2.92. The van der Waals surface area contributed by atoms with E-state index < -0.39 is 29.6 Å². The first-order valence-corrected chi connectivity index (χ1v) is 9.95. The van der Waals surface area contributed by atoms with E-state index in [9.17, 15) is 19.5 Å². The molecule has 32 heavy (non-hydrogen) atoms. The van der Waals surface area contributed by atoms with Gasteiger partial charge in [-0.1, -0.05) is 42.5 Å². The molecule has 0 bridgehead atoms. The van der Waals surface area contributed by atoms with Gasteiger partial charge >= 0.3 is 5.97 Å². The summed E-state index contributed by atoms with van der Waals surface area (Å²) >= 11 is 0. The van der Waals surface area contributed by atoms with Gasteiger partial charge in [0.15, 0.2) is 0 Å². The SMILES string of the molecule is COc1ccc(COC(=O)c2ccc(CON3C(=O)C4C=CC=CC4C3=O)c(O)c2)cc1. The molecule has 164 valence electrons. The van der Waals surface area contributed by atoms with Crippen molar-refractivity contribution in [2.24, 2.45) is 11.8 Å². The Balaban J connectivity index is 1.35. The third-order valence-electron chi connectivity index (χ3n) is 5.30. The molecule has 2 aromatic rings. The van der Waals surface area contributed by atoms with Crippen molar-refractivity contribution in [2.75, 3.05) is 7.11 Å². The Morgan fingerprint density at radius 3 is 2.22 bits per heavy atom. The van der Waals surface area contributed by atoms with E-state index in [1.54, 1.807) is 55.7 Å². The minimum atomic E-state index is -0.601. The summed E-state index contributed by atoms with van der Waals surface area (Å²) in [6, 6.07) is 11.3. The number of rotatable bonds is 7. The van der Waals surface area contributed by atoms with Crippen molar-refractivity contribution in [1.82, 2.24) is 5.06 Å². The van der Waals surface area contributed by atoms with E-state index in [0.717, 1.165) is 10.6 Å². The summed E-state index contributed by atoms with van der Waals surface area (Å²) in [4.78, 5) is 42.5. The van der Waals surface area contributed by atoms with Gasteiger partial charge in [0, 0.05) is 5.56 Å². The van der Waals surface area contributed by atoms with Gasteiger partial charge in [-0.2, -0.15) is 5.06 Å². The standard InChI is InChI=1S/C24H21NO7/c1-30-18-10-6-15(7-11-18)13-31-24(29)16-8-9-17(21(26)12-16)14-32-25-22(27)19-4-2-3-5-20(19)23(25)28/h2-12,19-20,26H,13-14H2,1H3. The molecule has 0 aromatic heterocycles. The fourth-order valence-electron chi connectivity index (χ4n) is 3.49. The van der Waals surface area contributed by atoms with Crippen molar-refractivity contribution in [3.05, 3.63) is 83.5 Å². The number of nitrogens with zero attached hydrogens (tertiary/aromatic N) is 1. The van der Waals surface area contributed by atoms with Gasteiger partial charge in [0.1, 0.15) is 24.7 Å². The molecule has 8 nitrogen and oxygen atoms in total. The molecule has 2 amide bonds. The number of benzene rings is 2. The number of fused-ring (bicyclic) bond motifs is 1. The van der Waals surface area contributed by atoms with E-state index in [0.29, 0.717) is 11.3 Å². The van der Waals surface area contributed by atoms with Gasteiger partial charge in [-0.25, -0.2) is 4.79 Å². The second kappa shape index (κ2) is 9.07. The highest BCUT2D eigenvalue weighted by molar-refractivity contribution is 6.06. The van der Waals surface area contributed by atoms with Crippen LogP contribution in [0.5, 0.6) is 11.5 Å². The number of hydroxylamine groups is 2. The normalized spacial score (nSPS) is 19.2. The average molecular weight is 435 g/mol. The van der Waals surface area contributed by atoms with Crippen molar-refractivity contribution in [1.29, 1.82) is 0 Å². The lowest BCUT2D eigenvalue weighted by atomic mass is 9.91. The van der Waals surface area contributed by atoms with Gasteiger partial charge in [0.25, 0.3) is 11.8 Å². The molecule has 0 spiro atoms. The number of esters is 1. The van der Waals surface area contributed by atoms with Crippen LogP contribution >= 0.6 is 0 Å². The molecule has 2 aliphatic rings. The first kappa shape index (κ1) is 21.3. The number of carbonyl (C=O) groups excluding carboxylic acids is 3. The van der Waals surface area contributed by atoms with Gasteiger partial charge in [-0.3, -0.25) is 14.4 Å². The maximum atomic E-state index is 12.4. The third-order valence-corrected chi connectivity index (χ3v) is 5.30. The Kier molecular flexibility index (Phi) is 6.04. The van der Waals surface area contributed by atoms with E-state index in [1.807, 2.05) is 0 Å². The van der Waals surface area contributed by atoms with E-state index >= 15 is 0 Å². The molecule has 8 heteroatoms. The van der Waals surface area contributed by atoms with E-state index in [4.69, 9.17) is 14.3 Å². The van der Waals surface area contributed by atoms with Crippen molar-refractivity contribution in [3.63, 3.8) is 0 Å². The lowest BCUT2D eigenvalue weighted by Gasteiger charge is -2.15. The monoisotopic (exact) mass is 435 g/mol. The number of hydrogen-bond acceptors (Lipinski definition) is 7. The van der Waals surface area contributed by atoms with Gasteiger partial charge in [-0.05, 0) is 29.8 Å². The summed E-state index contributed by atoms with van der Waals surface area (Å²) in [5.41, 5.74) is 1.27. The maximum absolute atomic E-state index is 12.4. The summed E-state index contributed by atoms with van der Waals surface area (Å²) in [7, 11) is 1.57. The number of phenolic OH excluding ortho intramolecular Hbond substituents is 1. The topological polar surface area (TPSA) is 102 Å². The summed E-state index contributed by atoms with van der Waals surface area (Å²) in [5, 5.41) is 11.0. The molecule has 1 fully saturated rings. The predicted molar refractivity (Wildman–Crippen MR) is 112 cm³/mol. The van der Waals surface area contributed by atoms with Crippen LogP contribution in [0, 0.1) is 11.8 Å². The van der Waals surface area contributed by atoms with E-state index in [-0.39, 0.29) is 24.5 Å². The molecule has 1 aliphatic heterocycles. The van der Waals surface area contributed by atoms with Crippen LogP contribution in [0.15, 0.2) is 66.8 Å². The number of allylic oxidation sites excluding steroid dienone is 2. The van der Waals surface area contributed by atoms with Crippen LogP contribution in [0.2, 0.25) is 0 Å². The highest BCUT2D eigenvalue weighted by atomic mass is 16.7. The largest absolute Gasteiger partial charge is 0.508 e. The molecule has 2 aromatic carbocycles. The van der Waals surface area contributed by atoms with Gasteiger partial charge < -0.3 is 14.6 Å². The fraction of sp³-hybridized carbons (Fsp3) is 0.208. The van der Waals surface area contributed by atoms with Crippen LogP contribution in [0.25, 0.3) is 0 Å². The highest BCUT2D eigenvalue weighted by Crippen LogP contribution is 2.32. The first-order chi connectivity index (χ1) is 15.5. The van der Waals surface area contributed by atoms with Crippen molar-refractivity contribution in [3.8, 4) is 11.5 Å². The lowest BCUT2D eigenvalue weighted by molar-refractivity contribution is -0.192. The Bertz CT molecular complexity index is 1070. The fourth-order valence-corrected chi connectivity index (χ4v) is 3.49. The molecule has 1 aliphatic carbocycles. The quantitative estimate of drug-likeness (QED) is 0.527. The van der Waals surface area contributed by atoms with Crippen LogP contribution in [0.4, 0.5) is 0 Å². The smallest absolute Gasteiger partial charge is 0.338 e. The molecule has 2 atom stereocenters. The minimum absolute atomic E-state index is 0.0683. The Hall–Kier alpha value is -3.91. The number of hydrogen-bond donors (Lipinski definition) is 1. The molecule has 1 heterocycles. The number of amides is 2. The maximum Gasteiger partial charge on any atom is 0.338 e. The van der Waals surface area contributed by atoms with Crippen LogP contribution in [0.1, 0.15) is 21.5 Å². The zero-order valence-corrected chi connectivity index (χ0v) is 17.3. The van der Waals surface area contributed by atoms with Crippen molar-refractivity contribution in [2.45, 2.75) is 13.2 Å². The van der Waals surface area contributed by atoms with E-state index in [1.165, 1.54) is 18.2 Å². The van der Waals surface area contributed by atoms with Crippen LogP contribution < -0.4 is 4.74 Å². The second-order valence-electron chi connectivity index (χ2n) is 7.33. The molecule has 4 rings (SSSR count). The summed E-state index contributed by atoms with van der Waals surface area (Å²) in [6.45, 7) is -0.143. The zero-order chi connectivity index (χ0) is 22.7. The number of ether oxygens (including phenoxy) is 2. The summed E-state index contributed by atoms with van der Waals surface area (Å²) in [6.07, 6.45) is 6.76. The van der Waals surface area contributed by atoms with Crippen LogP contribution in [0.3, 0.4) is 0 Å². The van der Waals surface area contributed by atoms with Gasteiger partial charge in [0.2, 0.25) is 0 Å². The zero-order valence-electron chi connectivity index (χ0n) is 17.3. The third kappa shape index (κ3) is 4.26. The van der Waals surface area contributed by atoms with Crippen LogP contribution in [-0.2, 0) is 32.4 Å². The number of aromatic hydroxyl groups is 1. The Morgan fingerprint density at radius 2 is 1.62 bits per heavy atom. The Morgan fingerprint density at radius 1 is 0.969 bits per heavy atom. The molecular formula is C24H21NO7. The Labute approximate surface area is 184 Å². The van der Waals surface area contributed by atoms with Gasteiger partial charge in [0.05, 0.1) is 24.5 Å². The molecule has 0 saturated carbocycles. The van der Waals surface area contributed by atoms with E-state index in [2.05, 4.69) is 0 Å². The summed E-state index contributed by atoms with van der Waals surface area (Å²) < 4.78 is 10.4. The first-order valence-electron chi connectivity index (χ1n) is 9.95. The second-order valence-corrected chi connectivity index (χ2v) is 7.33. The number of imide groups is 1. The number of phenols is 1. The molecular weight excluding hydrogens is 414 g/mol. The lowest BCUT2D eigenvalue weighted by Crippen LogP contribution is -2.31. The highest BCUT2D eigenvalue weighted by Gasteiger charge is 2.46.